The number of ether oxygens (including phenoxy) is 1. The fourth-order valence-electron chi connectivity index (χ4n) is 6.40. The van der Waals surface area contributed by atoms with Gasteiger partial charge in [0.25, 0.3) is 0 Å². The fourth-order valence-corrected chi connectivity index (χ4v) is 6.40. The molecule has 0 aliphatic carbocycles. The number of para-hydroxylation sites is 1. The maximum absolute atomic E-state index is 6.62. The van der Waals surface area contributed by atoms with Crippen LogP contribution in [0.2, 0.25) is 0 Å². The van der Waals surface area contributed by atoms with Crippen LogP contribution in [0.4, 0.5) is 5.69 Å². The summed E-state index contributed by atoms with van der Waals surface area (Å²) < 4.78 is 13.4. The summed E-state index contributed by atoms with van der Waals surface area (Å²) in [5, 5.41) is 2.20. The highest BCUT2D eigenvalue weighted by Crippen LogP contribution is 2.36. The summed E-state index contributed by atoms with van der Waals surface area (Å²) in [5.74, 6) is 2.48. The number of benzene rings is 1. The van der Waals surface area contributed by atoms with E-state index >= 15 is 0 Å². The molecule has 0 amide bonds. The van der Waals surface area contributed by atoms with Crippen molar-refractivity contribution < 1.29 is 9.14 Å². The van der Waals surface area contributed by atoms with Crippen LogP contribution in [0, 0.1) is 0 Å². The molecule has 0 fully saturated rings. The van der Waals surface area contributed by atoms with Crippen molar-refractivity contribution in [1.82, 2.24) is 24.0 Å². The summed E-state index contributed by atoms with van der Waals surface area (Å²) in [7, 11) is 2.09. The zero-order chi connectivity index (χ0) is 31.6. The predicted octanol–water partition coefficient (Wildman–Crippen LogP) is 8.09. The zero-order valence-corrected chi connectivity index (χ0v) is 27.5. The van der Waals surface area contributed by atoms with Gasteiger partial charge in [0.15, 0.2) is 11.4 Å². The minimum Gasteiger partial charge on any atom is -0.435 e. The molecule has 7 rings (SSSR count). The van der Waals surface area contributed by atoms with E-state index in [0.29, 0.717) is 17.8 Å². The SMILES string of the molecule is CC(C)c1c[n+]2cc(Oc3ccc4c5ccccc5n(-c5cc(C(C)(C)C)ccn5)c4n3)cc(N3C=CN(C)C3)c2n1C(C)C. The molecule has 230 valence electrons. The number of hydrogen-bond donors (Lipinski definition) is 0. The highest BCUT2D eigenvalue weighted by Gasteiger charge is 2.29. The van der Waals surface area contributed by atoms with Crippen molar-refractivity contribution in [2.45, 2.75) is 65.8 Å². The van der Waals surface area contributed by atoms with Gasteiger partial charge in [-0.15, -0.1) is 0 Å². The monoisotopic (exact) mass is 600 g/mol. The van der Waals surface area contributed by atoms with Gasteiger partial charge < -0.3 is 14.5 Å². The van der Waals surface area contributed by atoms with Crippen LogP contribution in [0.15, 0.2) is 85.6 Å². The number of aromatic nitrogens is 5. The number of imidazole rings is 1. The summed E-state index contributed by atoms with van der Waals surface area (Å²) in [5.41, 5.74) is 6.62. The van der Waals surface area contributed by atoms with E-state index in [-0.39, 0.29) is 5.41 Å². The highest BCUT2D eigenvalue weighted by atomic mass is 16.5. The van der Waals surface area contributed by atoms with Gasteiger partial charge in [-0.3, -0.25) is 4.57 Å². The lowest BCUT2D eigenvalue weighted by Crippen LogP contribution is -2.27. The Hall–Kier alpha value is -4.85. The Kier molecular flexibility index (Phi) is 6.84. The van der Waals surface area contributed by atoms with Crippen molar-refractivity contribution in [1.29, 1.82) is 0 Å². The van der Waals surface area contributed by atoms with Crippen LogP contribution in [-0.2, 0) is 5.41 Å². The van der Waals surface area contributed by atoms with Crippen LogP contribution in [-0.4, -0.2) is 37.7 Å². The number of hydrogen-bond acceptors (Lipinski definition) is 5. The average molecular weight is 601 g/mol. The van der Waals surface area contributed by atoms with Gasteiger partial charge in [-0.05, 0) is 49.1 Å². The largest absolute Gasteiger partial charge is 0.435 e. The van der Waals surface area contributed by atoms with Crippen molar-refractivity contribution in [3.63, 3.8) is 0 Å². The molecule has 6 aromatic rings. The summed E-state index contributed by atoms with van der Waals surface area (Å²) in [4.78, 5) is 14.4. The number of fused-ring (bicyclic) bond motifs is 4. The second-order valence-electron chi connectivity index (χ2n) is 13.8. The van der Waals surface area contributed by atoms with Gasteiger partial charge in [-0.1, -0.05) is 52.8 Å². The van der Waals surface area contributed by atoms with Crippen molar-refractivity contribution in [3.8, 4) is 17.4 Å². The number of anilines is 1. The molecule has 1 aromatic carbocycles. The van der Waals surface area contributed by atoms with E-state index in [9.17, 15) is 0 Å². The molecule has 5 aromatic heterocycles. The van der Waals surface area contributed by atoms with Gasteiger partial charge in [-0.25, -0.2) is 9.55 Å². The first-order valence-corrected chi connectivity index (χ1v) is 15.8. The first-order valence-electron chi connectivity index (χ1n) is 15.8. The number of nitrogens with zero attached hydrogens (tertiary/aromatic N) is 7. The number of rotatable bonds is 6. The Morgan fingerprint density at radius 3 is 2.42 bits per heavy atom. The lowest BCUT2D eigenvalue weighted by Gasteiger charge is -2.20. The lowest BCUT2D eigenvalue weighted by molar-refractivity contribution is -0.511. The molecule has 0 spiro atoms. The first kappa shape index (κ1) is 28.9. The quantitative estimate of drug-likeness (QED) is 0.181. The van der Waals surface area contributed by atoms with Gasteiger partial charge in [0.1, 0.15) is 29.6 Å². The van der Waals surface area contributed by atoms with Crippen molar-refractivity contribution in [2.75, 3.05) is 18.6 Å². The molecule has 0 atom stereocenters. The van der Waals surface area contributed by atoms with E-state index < -0.39 is 0 Å². The molecule has 45 heavy (non-hydrogen) atoms. The van der Waals surface area contributed by atoms with E-state index in [0.717, 1.165) is 51.5 Å². The Morgan fingerprint density at radius 2 is 1.71 bits per heavy atom. The van der Waals surface area contributed by atoms with Crippen molar-refractivity contribution in [3.05, 3.63) is 96.8 Å². The normalized spacial score (nSPS) is 13.9. The smallest absolute Gasteiger partial charge is 0.311 e. The minimum absolute atomic E-state index is 0.00451. The topological polar surface area (TPSA) is 55.5 Å². The fraction of sp³-hybridized carbons (Fsp3) is 0.324. The molecule has 8 nitrogen and oxygen atoms in total. The molecular formula is C37H42N7O+. The third kappa shape index (κ3) is 4.98. The Bertz CT molecular complexity index is 2090. The second kappa shape index (κ2) is 10.6. The van der Waals surface area contributed by atoms with Crippen LogP contribution in [0.3, 0.4) is 0 Å². The van der Waals surface area contributed by atoms with Gasteiger partial charge in [0, 0.05) is 54.5 Å². The maximum Gasteiger partial charge on any atom is 0.311 e. The molecule has 1 aliphatic rings. The summed E-state index contributed by atoms with van der Waals surface area (Å²) >= 11 is 0. The maximum atomic E-state index is 6.62. The lowest BCUT2D eigenvalue weighted by atomic mass is 9.88. The molecule has 0 saturated carbocycles. The predicted molar refractivity (Wildman–Crippen MR) is 181 cm³/mol. The Morgan fingerprint density at radius 1 is 0.911 bits per heavy atom. The molecule has 0 saturated heterocycles. The summed E-state index contributed by atoms with van der Waals surface area (Å²) in [6.07, 6.45) is 10.4. The van der Waals surface area contributed by atoms with Crippen LogP contribution >= 0.6 is 0 Å². The van der Waals surface area contributed by atoms with Gasteiger partial charge in [-0.2, -0.15) is 9.38 Å². The molecular weight excluding hydrogens is 558 g/mol. The molecule has 6 heterocycles. The van der Waals surface area contributed by atoms with Gasteiger partial charge >= 0.3 is 5.65 Å². The highest BCUT2D eigenvalue weighted by molar-refractivity contribution is 6.07. The molecule has 0 N–H and O–H groups in total. The standard InChI is InChI=1S/C37H42N7O/c1-24(2)32-22-42-21-27(20-31(36(42)43(32)25(3)4)41-18-17-40(8)23-41)45-34-14-13-29-28-11-9-10-12-30(28)44(35(29)39-34)33-19-26(15-16-38-33)37(5,6)7/h9-22,24-25H,23H2,1-8H3/q+1. The van der Waals surface area contributed by atoms with Crippen LogP contribution in [0.25, 0.3) is 33.4 Å². The second-order valence-corrected chi connectivity index (χ2v) is 13.8. The van der Waals surface area contributed by atoms with E-state index in [1.807, 2.05) is 12.3 Å². The minimum atomic E-state index is -0.00451. The molecule has 0 bridgehead atoms. The van der Waals surface area contributed by atoms with E-state index in [4.69, 9.17) is 14.7 Å². The van der Waals surface area contributed by atoms with E-state index in [2.05, 4.69) is 152 Å². The van der Waals surface area contributed by atoms with Crippen LogP contribution in [0.5, 0.6) is 11.6 Å². The van der Waals surface area contributed by atoms with E-state index in [1.165, 1.54) is 11.3 Å². The molecule has 0 radical (unpaired) electrons. The Labute approximate surface area is 264 Å². The molecule has 0 unspecified atom stereocenters. The first-order chi connectivity index (χ1) is 21.5. The Balaban J connectivity index is 1.38. The third-order valence-corrected chi connectivity index (χ3v) is 8.65. The number of pyridine rings is 3. The van der Waals surface area contributed by atoms with Crippen LogP contribution in [0.1, 0.15) is 71.7 Å². The van der Waals surface area contributed by atoms with Crippen molar-refractivity contribution in [2.24, 2.45) is 0 Å². The zero-order valence-electron chi connectivity index (χ0n) is 27.5. The van der Waals surface area contributed by atoms with Gasteiger partial charge in [0.2, 0.25) is 5.88 Å². The molecule has 8 heteroatoms. The summed E-state index contributed by atoms with van der Waals surface area (Å²) in [6, 6.07) is 19.2. The van der Waals surface area contributed by atoms with E-state index in [1.54, 1.807) is 0 Å². The molecule has 1 aliphatic heterocycles. The van der Waals surface area contributed by atoms with Gasteiger partial charge in [0.05, 0.1) is 18.2 Å². The van der Waals surface area contributed by atoms with Crippen LogP contribution < -0.4 is 14.0 Å². The summed E-state index contributed by atoms with van der Waals surface area (Å²) in [6.45, 7) is 16.4. The van der Waals surface area contributed by atoms with Crippen molar-refractivity contribution >= 4 is 33.3 Å². The third-order valence-electron chi connectivity index (χ3n) is 8.65. The average Bonchev–Trinajstić information content (AvgIpc) is 3.70.